The van der Waals surface area contributed by atoms with Crippen molar-refractivity contribution in [1.29, 1.82) is 0 Å². The molecule has 0 aliphatic carbocycles. The Labute approximate surface area is 119 Å². The van der Waals surface area contributed by atoms with Crippen molar-refractivity contribution in [2.45, 2.75) is 26.0 Å². The average molecular weight is 286 g/mol. The Morgan fingerprint density at radius 2 is 1.85 bits per heavy atom. The van der Waals surface area contributed by atoms with Crippen LogP contribution in [0.2, 0.25) is 0 Å². The Bertz CT molecular complexity index is 424. The van der Waals surface area contributed by atoms with Gasteiger partial charge in [0.25, 0.3) is 0 Å². The van der Waals surface area contributed by atoms with Gasteiger partial charge in [-0.15, -0.1) is 0 Å². The number of hydrogen-bond donors (Lipinski definition) is 2. The fourth-order valence-electron chi connectivity index (χ4n) is 2.00. The number of nitrogens with one attached hydrogen (secondary N) is 1. The molecule has 3 nitrogen and oxygen atoms in total. The Kier molecular flexibility index (Phi) is 6.52. The highest BCUT2D eigenvalue weighted by Gasteiger charge is 2.17. The number of aliphatic hydroxyl groups excluding tert-OH is 1. The van der Waals surface area contributed by atoms with Crippen molar-refractivity contribution in [3.05, 3.63) is 35.4 Å². The van der Waals surface area contributed by atoms with Crippen molar-refractivity contribution in [3.8, 4) is 0 Å². The van der Waals surface area contributed by atoms with E-state index in [0.717, 1.165) is 18.7 Å². The van der Waals surface area contributed by atoms with Crippen LogP contribution in [0.3, 0.4) is 0 Å². The Morgan fingerprint density at radius 1 is 1.20 bits per heavy atom. The molecule has 0 amide bonds. The lowest BCUT2D eigenvalue weighted by Crippen LogP contribution is -2.43. The van der Waals surface area contributed by atoms with Crippen molar-refractivity contribution in [2.24, 2.45) is 5.92 Å². The maximum atomic E-state index is 13.1. The van der Waals surface area contributed by atoms with E-state index in [1.54, 1.807) is 0 Å². The molecule has 5 heteroatoms. The number of benzene rings is 1. The molecule has 0 spiro atoms. The highest BCUT2D eigenvalue weighted by molar-refractivity contribution is 5.20. The van der Waals surface area contributed by atoms with E-state index in [2.05, 4.69) is 24.1 Å². The summed E-state index contributed by atoms with van der Waals surface area (Å²) in [6.07, 6.45) is -0.853. The summed E-state index contributed by atoms with van der Waals surface area (Å²) in [4.78, 5) is 2.07. The van der Waals surface area contributed by atoms with Gasteiger partial charge in [0.15, 0.2) is 11.6 Å². The van der Waals surface area contributed by atoms with E-state index in [-0.39, 0.29) is 6.04 Å². The van der Waals surface area contributed by atoms with Crippen molar-refractivity contribution in [1.82, 2.24) is 10.2 Å². The summed E-state index contributed by atoms with van der Waals surface area (Å²) in [7, 11) is 3.98. The van der Waals surface area contributed by atoms with Crippen LogP contribution in [0, 0.1) is 17.6 Å². The third kappa shape index (κ3) is 5.15. The molecule has 0 saturated carbocycles. The number of rotatable bonds is 7. The van der Waals surface area contributed by atoms with Gasteiger partial charge in [0.05, 0.1) is 6.10 Å². The van der Waals surface area contributed by atoms with Gasteiger partial charge in [0, 0.05) is 19.1 Å². The van der Waals surface area contributed by atoms with E-state index in [4.69, 9.17) is 0 Å². The fraction of sp³-hybridized carbons (Fsp3) is 0.600. The minimum atomic E-state index is -0.935. The highest BCUT2D eigenvalue weighted by atomic mass is 19.2. The second-order valence-electron chi connectivity index (χ2n) is 5.71. The molecule has 0 heterocycles. The SMILES string of the molecule is CC(C)C(CN(C)C)NCC(O)c1ccc(F)c(F)c1. The van der Waals surface area contributed by atoms with E-state index in [1.165, 1.54) is 6.07 Å². The normalized spacial score (nSPS) is 14.8. The second-order valence-corrected chi connectivity index (χ2v) is 5.71. The zero-order valence-electron chi connectivity index (χ0n) is 12.5. The van der Waals surface area contributed by atoms with Gasteiger partial charge >= 0.3 is 0 Å². The summed E-state index contributed by atoms with van der Waals surface area (Å²) in [6, 6.07) is 3.71. The zero-order valence-corrected chi connectivity index (χ0v) is 12.5. The summed E-state index contributed by atoms with van der Waals surface area (Å²) < 4.78 is 26.0. The maximum absolute atomic E-state index is 13.1. The van der Waals surface area contributed by atoms with E-state index in [0.29, 0.717) is 18.0 Å². The van der Waals surface area contributed by atoms with Crippen molar-refractivity contribution >= 4 is 0 Å². The van der Waals surface area contributed by atoms with Gasteiger partial charge in [-0.1, -0.05) is 19.9 Å². The molecular weight excluding hydrogens is 262 g/mol. The number of hydrogen-bond acceptors (Lipinski definition) is 3. The first-order chi connectivity index (χ1) is 9.31. The second kappa shape index (κ2) is 7.67. The van der Waals surface area contributed by atoms with Crippen LogP contribution >= 0.6 is 0 Å². The molecule has 0 aliphatic heterocycles. The van der Waals surface area contributed by atoms with Crippen LogP contribution < -0.4 is 5.32 Å². The number of halogens is 2. The van der Waals surface area contributed by atoms with Crippen LogP contribution in [0.25, 0.3) is 0 Å². The first-order valence-electron chi connectivity index (χ1n) is 6.82. The van der Waals surface area contributed by atoms with Crippen molar-refractivity contribution in [2.75, 3.05) is 27.2 Å². The van der Waals surface area contributed by atoms with Crippen LogP contribution in [0.15, 0.2) is 18.2 Å². The maximum Gasteiger partial charge on any atom is 0.159 e. The molecule has 114 valence electrons. The third-order valence-electron chi connectivity index (χ3n) is 3.27. The topological polar surface area (TPSA) is 35.5 Å². The van der Waals surface area contributed by atoms with Crippen molar-refractivity contribution in [3.63, 3.8) is 0 Å². The smallest absolute Gasteiger partial charge is 0.159 e. The summed E-state index contributed by atoms with van der Waals surface area (Å²) >= 11 is 0. The van der Waals surface area contributed by atoms with Crippen LogP contribution in [0.5, 0.6) is 0 Å². The van der Waals surface area contributed by atoms with E-state index < -0.39 is 17.7 Å². The summed E-state index contributed by atoms with van der Waals surface area (Å²) in [6.45, 7) is 5.36. The van der Waals surface area contributed by atoms with Gasteiger partial charge in [-0.25, -0.2) is 8.78 Å². The predicted octanol–water partition coefficient (Wildman–Crippen LogP) is 2.17. The lowest BCUT2D eigenvalue weighted by molar-refractivity contribution is 0.159. The van der Waals surface area contributed by atoms with Crippen LogP contribution in [0.1, 0.15) is 25.5 Å². The summed E-state index contributed by atoms with van der Waals surface area (Å²) in [5, 5.41) is 13.3. The molecule has 1 aromatic rings. The molecule has 0 fully saturated rings. The highest BCUT2D eigenvalue weighted by Crippen LogP contribution is 2.16. The zero-order chi connectivity index (χ0) is 15.3. The van der Waals surface area contributed by atoms with Gasteiger partial charge in [0.1, 0.15) is 0 Å². The van der Waals surface area contributed by atoms with Gasteiger partial charge in [-0.2, -0.15) is 0 Å². The van der Waals surface area contributed by atoms with Gasteiger partial charge < -0.3 is 15.3 Å². The van der Waals surface area contributed by atoms with E-state index in [1.807, 2.05) is 14.1 Å². The van der Waals surface area contributed by atoms with Crippen LogP contribution in [-0.4, -0.2) is 43.2 Å². The summed E-state index contributed by atoms with van der Waals surface area (Å²) in [5.74, 6) is -1.42. The first-order valence-corrected chi connectivity index (χ1v) is 6.82. The Morgan fingerprint density at radius 3 is 2.35 bits per heavy atom. The van der Waals surface area contributed by atoms with E-state index in [9.17, 15) is 13.9 Å². The number of nitrogens with zero attached hydrogens (tertiary/aromatic N) is 1. The van der Waals surface area contributed by atoms with Crippen LogP contribution in [-0.2, 0) is 0 Å². The average Bonchev–Trinajstić information content (AvgIpc) is 2.36. The molecule has 0 aliphatic rings. The summed E-state index contributed by atoms with van der Waals surface area (Å²) in [5.41, 5.74) is 0.378. The van der Waals surface area contributed by atoms with Crippen LogP contribution in [0.4, 0.5) is 8.78 Å². The van der Waals surface area contributed by atoms with Gasteiger partial charge in [-0.05, 0) is 37.7 Å². The minimum absolute atomic E-state index is 0.227. The molecule has 0 radical (unpaired) electrons. The standard InChI is InChI=1S/C15H24F2N2O/c1-10(2)14(9-19(3)4)18-8-15(20)11-5-6-12(16)13(17)7-11/h5-7,10,14-15,18,20H,8-9H2,1-4H3. The molecule has 20 heavy (non-hydrogen) atoms. The molecule has 0 saturated heterocycles. The minimum Gasteiger partial charge on any atom is -0.387 e. The lowest BCUT2D eigenvalue weighted by Gasteiger charge is -2.27. The molecule has 2 N–H and O–H groups in total. The third-order valence-corrected chi connectivity index (χ3v) is 3.27. The fourth-order valence-corrected chi connectivity index (χ4v) is 2.00. The molecule has 1 aromatic carbocycles. The Hall–Kier alpha value is -1.04. The predicted molar refractivity (Wildman–Crippen MR) is 76.5 cm³/mol. The Balaban J connectivity index is 2.60. The quantitative estimate of drug-likeness (QED) is 0.806. The lowest BCUT2D eigenvalue weighted by atomic mass is 10.0. The molecule has 0 bridgehead atoms. The first kappa shape index (κ1) is 17.0. The van der Waals surface area contributed by atoms with Gasteiger partial charge in [-0.3, -0.25) is 0 Å². The molecule has 2 atom stereocenters. The molecule has 0 aromatic heterocycles. The monoisotopic (exact) mass is 286 g/mol. The number of likely N-dealkylation sites (N-methyl/N-ethyl adjacent to an activating group) is 1. The number of aliphatic hydroxyl groups is 1. The van der Waals surface area contributed by atoms with E-state index >= 15 is 0 Å². The molecule has 1 rings (SSSR count). The molecular formula is C15H24F2N2O. The van der Waals surface area contributed by atoms with Gasteiger partial charge in [0.2, 0.25) is 0 Å². The largest absolute Gasteiger partial charge is 0.387 e. The van der Waals surface area contributed by atoms with Crippen molar-refractivity contribution < 1.29 is 13.9 Å². The molecule has 2 unspecified atom stereocenters.